The molecule has 2 heterocycles. The Morgan fingerprint density at radius 3 is 1.25 bits per heavy atom. The van der Waals surface area contributed by atoms with Gasteiger partial charge in [0, 0.05) is 22.3 Å². The lowest BCUT2D eigenvalue weighted by atomic mass is 9.98. The second-order valence-electron chi connectivity index (χ2n) is 9.28. The lowest BCUT2D eigenvalue weighted by Gasteiger charge is -2.12. The Balaban J connectivity index is 1.54. The van der Waals surface area contributed by atoms with Crippen molar-refractivity contribution in [2.45, 2.75) is 13.8 Å². The summed E-state index contributed by atoms with van der Waals surface area (Å²) in [6.45, 7) is 3.73. The van der Waals surface area contributed by atoms with E-state index in [-0.39, 0.29) is 0 Å². The van der Waals surface area contributed by atoms with Gasteiger partial charge in [0.2, 0.25) is 0 Å². The van der Waals surface area contributed by atoms with Crippen LogP contribution in [0.2, 0.25) is 0 Å². The van der Waals surface area contributed by atoms with E-state index < -0.39 is 0 Å². The lowest BCUT2D eigenvalue weighted by molar-refractivity contribution is 0.988. The van der Waals surface area contributed by atoms with E-state index in [1.807, 2.05) is 117 Å². The van der Waals surface area contributed by atoms with Gasteiger partial charge in [0.05, 0.1) is 11.6 Å². The smallest absolute Gasteiger partial charge is 0.163 e. The van der Waals surface area contributed by atoms with Crippen molar-refractivity contribution < 1.29 is 0 Å². The topological polar surface area (TPSA) is 101 Å². The third-order valence-electron chi connectivity index (χ3n) is 6.36. The molecular weight excluding hydrogens is 494 g/mol. The molecule has 0 N–H and O–H groups in total. The Morgan fingerprint density at radius 1 is 0.425 bits per heavy atom. The van der Waals surface area contributed by atoms with Crippen LogP contribution in [0.1, 0.15) is 17.2 Å². The van der Waals surface area contributed by atoms with Gasteiger partial charge < -0.3 is 0 Å². The van der Waals surface area contributed by atoms with Crippen molar-refractivity contribution >= 4 is 0 Å². The van der Waals surface area contributed by atoms with E-state index in [0.29, 0.717) is 40.5 Å². The average Bonchev–Trinajstić information content (AvgIpc) is 3.01. The molecule has 0 spiro atoms. The second-order valence-corrected chi connectivity index (χ2v) is 9.28. The highest BCUT2D eigenvalue weighted by Crippen LogP contribution is 2.32. The quantitative estimate of drug-likeness (QED) is 0.246. The molecule has 0 unspecified atom stereocenters. The molecule has 0 bridgehead atoms. The van der Waals surface area contributed by atoms with E-state index in [2.05, 4.69) is 16.0 Å². The van der Waals surface area contributed by atoms with E-state index in [4.69, 9.17) is 19.9 Å². The highest BCUT2D eigenvalue weighted by molar-refractivity contribution is 5.78. The summed E-state index contributed by atoms with van der Waals surface area (Å²) in [5.74, 6) is 3.56. The predicted molar refractivity (Wildman–Crippen MR) is 155 cm³/mol. The van der Waals surface area contributed by atoms with Crippen molar-refractivity contribution in [2.24, 2.45) is 0 Å². The normalized spacial score (nSPS) is 10.7. The Kier molecular flexibility index (Phi) is 6.57. The maximum atomic E-state index is 9.28. The van der Waals surface area contributed by atoms with Gasteiger partial charge in [0.15, 0.2) is 23.3 Å². The zero-order valence-electron chi connectivity index (χ0n) is 21.9. The van der Waals surface area contributed by atoms with Crippen LogP contribution in [0.5, 0.6) is 0 Å². The van der Waals surface area contributed by atoms with Gasteiger partial charge in [-0.3, -0.25) is 0 Å². The van der Waals surface area contributed by atoms with Crippen LogP contribution in [0.4, 0.5) is 0 Å². The van der Waals surface area contributed by atoms with Gasteiger partial charge in [-0.05, 0) is 55.3 Å². The molecule has 0 aliphatic heterocycles. The molecule has 40 heavy (non-hydrogen) atoms. The minimum Gasteiger partial charge on any atom is -0.213 e. The largest absolute Gasteiger partial charge is 0.213 e. The van der Waals surface area contributed by atoms with Gasteiger partial charge >= 0.3 is 0 Å². The summed E-state index contributed by atoms with van der Waals surface area (Å²) in [6, 6.07) is 35.5. The molecule has 6 rings (SSSR count). The molecule has 2 aromatic heterocycles. The second kappa shape index (κ2) is 10.6. The molecule has 190 valence electrons. The van der Waals surface area contributed by atoms with Gasteiger partial charge in [-0.15, -0.1) is 0 Å². The van der Waals surface area contributed by atoms with E-state index in [9.17, 15) is 5.26 Å². The van der Waals surface area contributed by atoms with Crippen LogP contribution < -0.4 is 0 Å². The van der Waals surface area contributed by atoms with Crippen LogP contribution in [-0.2, 0) is 0 Å². The standard InChI is InChI=1S/C33H23N7/c1-21-35-30(25-9-5-3-6-10-25)39-32(37-21)28-17-27(24-15-13-23(20-34)14-16-24)18-29(19-28)33-38-22(2)36-31(40-33)26-11-7-4-8-12-26/h3-19H,1-2H3. The summed E-state index contributed by atoms with van der Waals surface area (Å²) in [7, 11) is 0. The third kappa shape index (κ3) is 5.19. The van der Waals surface area contributed by atoms with E-state index >= 15 is 0 Å². The van der Waals surface area contributed by atoms with E-state index in [1.54, 1.807) is 0 Å². The molecule has 4 aromatic carbocycles. The fraction of sp³-hybridized carbons (Fsp3) is 0.0606. The molecule has 0 fully saturated rings. The molecule has 0 aliphatic rings. The predicted octanol–water partition coefficient (Wildman–Crippen LogP) is 6.88. The molecule has 0 amide bonds. The SMILES string of the molecule is Cc1nc(-c2ccccc2)nc(-c2cc(-c3ccc(C#N)cc3)cc(-c3nc(C)nc(-c4ccccc4)n3)c2)n1. The Bertz CT molecular complexity index is 1750. The van der Waals surface area contributed by atoms with Crippen molar-refractivity contribution in [3.8, 4) is 62.7 Å². The maximum Gasteiger partial charge on any atom is 0.163 e. The number of hydrogen-bond acceptors (Lipinski definition) is 7. The number of rotatable bonds is 5. The molecule has 7 nitrogen and oxygen atoms in total. The fourth-order valence-corrected chi connectivity index (χ4v) is 4.44. The summed E-state index contributed by atoms with van der Waals surface area (Å²) in [5, 5.41) is 9.28. The van der Waals surface area contributed by atoms with Gasteiger partial charge in [-0.25, -0.2) is 29.9 Å². The van der Waals surface area contributed by atoms with Crippen molar-refractivity contribution in [1.29, 1.82) is 5.26 Å². The van der Waals surface area contributed by atoms with Gasteiger partial charge in [0.25, 0.3) is 0 Å². The van der Waals surface area contributed by atoms with Gasteiger partial charge in [-0.1, -0.05) is 72.8 Å². The van der Waals surface area contributed by atoms with Crippen molar-refractivity contribution in [3.63, 3.8) is 0 Å². The highest BCUT2D eigenvalue weighted by atomic mass is 15.0. The van der Waals surface area contributed by atoms with Crippen LogP contribution in [0.25, 0.3) is 56.7 Å². The zero-order chi connectivity index (χ0) is 27.5. The molecule has 7 heteroatoms. The van der Waals surface area contributed by atoms with Crippen LogP contribution in [-0.4, -0.2) is 29.9 Å². The van der Waals surface area contributed by atoms with Gasteiger partial charge in [-0.2, -0.15) is 5.26 Å². The summed E-state index contributed by atoms with van der Waals surface area (Å²) in [5.41, 5.74) is 5.91. The first-order valence-corrected chi connectivity index (χ1v) is 12.8. The Labute approximate surface area is 232 Å². The van der Waals surface area contributed by atoms with Crippen molar-refractivity contribution in [3.05, 3.63) is 120 Å². The number of nitriles is 1. The fourth-order valence-electron chi connectivity index (χ4n) is 4.44. The van der Waals surface area contributed by atoms with Crippen molar-refractivity contribution in [2.75, 3.05) is 0 Å². The summed E-state index contributed by atoms with van der Waals surface area (Å²) < 4.78 is 0. The highest BCUT2D eigenvalue weighted by Gasteiger charge is 2.15. The summed E-state index contributed by atoms with van der Waals surface area (Å²) in [4.78, 5) is 28.2. The minimum absolute atomic E-state index is 0.553. The van der Waals surface area contributed by atoms with Crippen LogP contribution in [0.15, 0.2) is 103 Å². The summed E-state index contributed by atoms with van der Waals surface area (Å²) >= 11 is 0. The first kappa shape index (κ1) is 24.7. The zero-order valence-corrected chi connectivity index (χ0v) is 21.9. The van der Waals surface area contributed by atoms with Crippen LogP contribution >= 0.6 is 0 Å². The number of aromatic nitrogens is 6. The first-order valence-electron chi connectivity index (χ1n) is 12.8. The average molecular weight is 518 g/mol. The molecule has 0 saturated heterocycles. The lowest BCUT2D eigenvalue weighted by Crippen LogP contribution is -2.02. The molecule has 0 atom stereocenters. The number of aryl methyl sites for hydroxylation is 2. The number of nitrogens with zero attached hydrogens (tertiary/aromatic N) is 7. The van der Waals surface area contributed by atoms with Crippen molar-refractivity contribution in [1.82, 2.24) is 29.9 Å². The molecule has 0 radical (unpaired) electrons. The maximum absolute atomic E-state index is 9.28. The van der Waals surface area contributed by atoms with Gasteiger partial charge in [0.1, 0.15) is 11.6 Å². The van der Waals surface area contributed by atoms with Crippen LogP contribution in [0.3, 0.4) is 0 Å². The first-order chi connectivity index (χ1) is 19.6. The minimum atomic E-state index is 0.553. The number of hydrogen-bond donors (Lipinski definition) is 0. The van der Waals surface area contributed by atoms with E-state index in [1.165, 1.54) is 0 Å². The molecule has 0 saturated carbocycles. The third-order valence-corrected chi connectivity index (χ3v) is 6.36. The Morgan fingerprint density at radius 2 is 0.825 bits per heavy atom. The molecule has 6 aromatic rings. The van der Waals surface area contributed by atoms with Crippen LogP contribution in [0, 0.1) is 25.2 Å². The Hall–Kier alpha value is -5.61. The summed E-state index contributed by atoms with van der Waals surface area (Å²) in [6.07, 6.45) is 0. The molecule has 0 aliphatic carbocycles. The number of benzene rings is 4. The van der Waals surface area contributed by atoms with E-state index in [0.717, 1.165) is 33.4 Å². The monoisotopic (exact) mass is 517 g/mol. The molecular formula is C33H23N7.